The van der Waals surface area contributed by atoms with E-state index in [-0.39, 0.29) is 53.0 Å². The first-order chi connectivity index (χ1) is 16.9. The number of carbonyl (C=O) groups excluding carboxylic acids is 2. The van der Waals surface area contributed by atoms with Crippen molar-refractivity contribution in [1.29, 1.82) is 0 Å². The van der Waals surface area contributed by atoms with Crippen molar-refractivity contribution in [2.75, 3.05) is 20.2 Å². The Morgan fingerprint density at radius 1 is 1.03 bits per heavy atom. The fraction of sp³-hybridized carbons (Fsp3) is 0.417. The van der Waals surface area contributed by atoms with Crippen LogP contribution in [0.5, 0.6) is 5.75 Å². The Hall–Kier alpha value is -1.77. The number of carbonyl (C=O) groups is 2. The van der Waals surface area contributed by atoms with E-state index >= 15 is 0 Å². The first-order valence-electron chi connectivity index (χ1n) is 11.4. The van der Waals surface area contributed by atoms with Crippen molar-refractivity contribution < 1.29 is 22.7 Å². The van der Waals surface area contributed by atoms with Gasteiger partial charge >= 0.3 is 231 Å². The van der Waals surface area contributed by atoms with Gasteiger partial charge in [0.1, 0.15) is 0 Å². The first kappa shape index (κ1) is 27.3. The number of benzene rings is 2. The third-order valence-electron chi connectivity index (χ3n) is 6.49. The fourth-order valence-electron chi connectivity index (χ4n) is 4.68. The number of nitrogens with zero attached hydrogens (tertiary/aromatic N) is 3. The minimum absolute atomic E-state index is 0.0498. The van der Waals surface area contributed by atoms with Crippen LogP contribution < -0.4 is 4.74 Å². The molecule has 0 saturated carbocycles. The summed E-state index contributed by atoms with van der Waals surface area (Å²) in [5.41, 5.74) is 0.813. The second-order valence-corrected chi connectivity index (χ2v) is 13.1. The summed E-state index contributed by atoms with van der Waals surface area (Å²) in [4.78, 5) is 30.1. The number of amides is 2. The molecule has 12 heteroatoms. The molecule has 2 aliphatic rings. The molecule has 0 spiro atoms. The van der Waals surface area contributed by atoms with Crippen LogP contribution in [-0.4, -0.2) is 89.6 Å². The Morgan fingerprint density at radius 2 is 1.67 bits per heavy atom. The molecule has 2 aliphatic heterocycles. The Morgan fingerprint density at radius 3 is 2.28 bits per heavy atom. The molecule has 2 heterocycles. The van der Waals surface area contributed by atoms with Crippen molar-refractivity contribution in [2.24, 2.45) is 0 Å². The van der Waals surface area contributed by atoms with Crippen LogP contribution >= 0.6 is 23.2 Å². The summed E-state index contributed by atoms with van der Waals surface area (Å²) in [5, 5.41) is 0.800. The second kappa shape index (κ2) is 10.5. The molecule has 2 aromatic carbocycles. The van der Waals surface area contributed by atoms with Gasteiger partial charge in [0, 0.05) is 0 Å². The van der Waals surface area contributed by atoms with Crippen molar-refractivity contribution in [3.8, 4) is 5.75 Å². The zero-order chi connectivity index (χ0) is 26.4. The molecule has 2 amide bonds. The van der Waals surface area contributed by atoms with Crippen molar-refractivity contribution in [2.45, 2.75) is 48.1 Å². The van der Waals surface area contributed by atoms with Crippen LogP contribution in [-0.2, 0) is 26.0 Å². The van der Waals surface area contributed by atoms with Gasteiger partial charge < -0.3 is 0 Å². The Kier molecular flexibility index (Phi) is 7.98. The van der Waals surface area contributed by atoms with Crippen LogP contribution in [0.2, 0.25) is 14.8 Å². The normalized spacial score (nSPS) is 23.2. The van der Waals surface area contributed by atoms with E-state index in [1.54, 1.807) is 35.2 Å². The van der Waals surface area contributed by atoms with Crippen molar-refractivity contribution >= 4 is 61.9 Å². The second-order valence-electron chi connectivity index (χ2n) is 9.04. The van der Waals surface area contributed by atoms with Crippen molar-refractivity contribution in [1.82, 2.24) is 14.1 Å². The van der Waals surface area contributed by atoms with E-state index in [1.165, 1.54) is 28.4 Å². The van der Waals surface area contributed by atoms with Crippen LogP contribution in [0.1, 0.15) is 19.4 Å². The van der Waals surface area contributed by atoms with Crippen LogP contribution in [0.25, 0.3) is 0 Å². The number of rotatable bonds is 6. The molecule has 8 nitrogen and oxygen atoms in total. The minimum atomic E-state index is -4.16. The van der Waals surface area contributed by atoms with Crippen LogP contribution in [0.15, 0.2) is 47.4 Å². The summed E-state index contributed by atoms with van der Waals surface area (Å²) in [5.74, 6) is -0.348. The molecule has 0 aliphatic carbocycles. The average Bonchev–Trinajstić information content (AvgIpc) is 2.83. The van der Waals surface area contributed by atoms with Gasteiger partial charge in [-0.3, -0.25) is 0 Å². The zero-order valence-corrected chi connectivity index (χ0v) is 24.2. The van der Waals surface area contributed by atoms with Gasteiger partial charge in [-0.1, -0.05) is 0 Å². The molecular weight excluding hydrogens is 588 g/mol. The standard InChI is InChI=1S/C24H26AsCl2N3O5S/c1-14(2)28-13-22-29(36(33,34)21-11-17(27)8-9-20(21)35-3)12-18(25)23(31)30(22)19(24(28)32)10-15-4-6-16(26)7-5-15/h4-9,11,14,18-19,22H,10,12-13H2,1-3H3. The van der Waals surface area contributed by atoms with E-state index in [9.17, 15) is 18.0 Å². The third kappa shape index (κ3) is 5.01. The summed E-state index contributed by atoms with van der Waals surface area (Å²) in [6.45, 7) is 3.75. The Balaban J connectivity index is 1.81. The van der Waals surface area contributed by atoms with Gasteiger partial charge in [0.15, 0.2) is 0 Å². The molecule has 2 radical (unpaired) electrons. The van der Waals surface area contributed by atoms with Gasteiger partial charge in [-0.2, -0.15) is 0 Å². The number of piperazine rings is 1. The average molecular weight is 614 g/mol. The van der Waals surface area contributed by atoms with Gasteiger partial charge in [-0.15, -0.1) is 0 Å². The molecule has 2 saturated heterocycles. The van der Waals surface area contributed by atoms with Gasteiger partial charge in [-0.05, 0) is 0 Å². The molecule has 0 aromatic heterocycles. The number of fused-ring (bicyclic) bond motifs is 1. The monoisotopic (exact) mass is 613 g/mol. The molecule has 0 bridgehead atoms. The maximum absolute atomic E-state index is 14.0. The summed E-state index contributed by atoms with van der Waals surface area (Å²) in [7, 11) is -2.77. The number of ether oxygens (including phenoxy) is 1. The predicted molar refractivity (Wildman–Crippen MR) is 138 cm³/mol. The molecule has 3 atom stereocenters. The van der Waals surface area contributed by atoms with Crippen LogP contribution in [0.4, 0.5) is 0 Å². The molecule has 3 unspecified atom stereocenters. The Bertz CT molecular complexity index is 1280. The van der Waals surface area contributed by atoms with E-state index in [0.717, 1.165) is 5.56 Å². The summed E-state index contributed by atoms with van der Waals surface area (Å²) < 4.78 is 33.9. The third-order valence-corrected chi connectivity index (χ3v) is 9.67. The van der Waals surface area contributed by atoms with E-state index in [4.69, 9.17) is 27.9 Å². The van der Waals surface area contributed by atoms with Gasteiger partial charge in [0.2, 0.25) is 0 Å². The maximum atomic E-state index is 14.0. The van der Waals surface area contributed by atoms with E-state index in [1.807, 2.05) is 13.8 Å². The molecule has 2 fully saturated rings. The number of hydrogen-bond donors (Lipinski definition) is 0. The number of hydrogen-bond acceptors (Lipinski definition) is 5. The van der Waals surface area contributed by atoms with E-state index in [0.29, 0.717) is 5.02 Å². The van der Waals surface area contributed by atoms with E-state index in [2.05, 4.69) is 16.9 Å². The summed E-state index contributed by atoms with van der Waals surface area (Å²) in [6, 6.07) is 10.4. The Labute approximate surface area is 230 Å². The first-order valence-corrected chi connectivity index (χ1v) is 14.6. The molecule has 36 heavy (non-hydrogen) atoms. The number of halogens is 2. The van der Waals surface area contributed by atoms with Crippen LogP contribution in [0, 0.1) is 0 Å². The molecule has 0 N–H and O–H groups in total. The molecular formula is C24H26AsCl2N3O5S. The van der Waals surface area contributed by atoms with Gasteiger partial charge in [-0.25, -0.2) is 0 Å². The van der Waals surface area contributed by atoms with Gasteiger partial charge in [0.25, 0.3) is 0 Å². The van der Waals surface area contributed by atoms with Crippen molar-refractivity contribution in [3.05, 3.63) is 58.1 Å². The molecule has 4 rings (SSSR count). The quantitative estimate of drug-likeness (QED) is 0.468. The van der Waals surface area contributed by atoms with E-state index < -0.39 is 26.9 Å². The SMILES string of the molecule is COc1ccc(Cl)cc1S(=O)(=O)N1CC([As])C(=O)N2C(Cc3ccc(Cl)cc3)C(=O)N(C(C)C)CC21. The summed E-state index contributed by atoms with van der Waals surface area (Å²) in [6.07, 6.45) is -0.653. The predicted octanol–water partition coefficient (Wildman–Crippen LogP) is 2.98. The number of methoxy groups -OCH3 is 1. The molecule has 192 valence electrons. The summed E-state index contributed by atoms with van der Waals surface area (Å²) >= 11 is 14.4. The number of sulfonamides is 1. The van der Waals surface area contributed by atoms with Crippen molar-refractivity contribution in [3.63, 3.8) is 0 Å². The molecule has 2 aromatic rings. The zero-order valence-electron chi connectivity index (χ0n) is 20.0. The topological polar surface area (TPSA) is 87.2 Å². The fourth-order valence-corrected chi connectivity index (χ4v) is 7.70. The van der Waals surface area contributed by atoms with Crippen LogP contribution in [0.3, 0.4) is 0 Å². The van der Waals surface area contributed by atoms with Gasteiger partial charge in [0.05, 0.1) is 0 Å².